The second-order valence-corrected chi connectivity index (χ2v) is 4.59. The minimum Gasteiger partial charge on any atom is -0.288 e. The Labute approximate surface area is 111 Å². The number of fused-ring (bicyclic) bond motifs is 3. The van der Waals surface area contributed by atoms with Crippen LogP contribution in [0.25, 0.3) is 16.7 Å². The Morgan fingerprint density at radius 1 is 1.11 bits per heavy atom. The van der Waals surface area contributed by atoms with Crippen LogP contribution < -0.4 is 5.48 Å². The Morgan fingerprint density at radius 2 is 1.84 bits per heavy atom. The largest absolute Gasteiger partial charge is 0.288 e. The molecule has 0 bridgehead atoms. The predicted molar refractivity (Wildman–Crippen MR) is 73.6 cm³/mol. The number of nitrogens with one attached hydrogen (secondary N) is 1. The van der Waals surface area contributed by atoms with Crippen LogP contribution in [-0.2, 0) is 11.2 Å². The van der Waals surface area contributed by atoms with E-state index in [0.29, 0.717) is 0 Å². The van der Waals surface area contributed by atoms with Crippen molar-refractivity contribution in [2.45, 2.75) is 6.42 Å². The molecule has 2 aromatic carbocycles. The molecule has 0 unspecified atom stereocenters. The maximum Gasteiger partial charge on any atom is 0.274 e. The van der Waals surface area contributed by atoms with Crippen molar-refractivity contribution in [1.82, 2.24) is 5.48 Å². The van der Waals surface area contributed by atoms with E-state index in [1.54, 1.807) is 5.48 Å². The third-order valence-corrected chi connectivity index (χ3v) is 3.55. The van der Waals surface area contributed by atoms with E-state index in [1.165, 1.54) is 11.1 Å². The summed E-state index contributed by atoms with van der Waals surface area (Å²) < 4.78 is 0. The van der Waals surface area contributed by atoms with Crippen molar-refractivity contribution < 1.29 is 10.0 Å². The fraction of sp³-hybridized carbons (Fsp3) is 0.0625. The maximum atomic E-state index is 11.5. The van der Waals surface area contributed by atoms with Gasteiger partial charge in [0.05, 0.1) is 0 Å². The lowest BCUT2D eigenvalue weighted by molar-refractivity contribution is -0.123. The number of amides is 1. The average Bonchev–Trinajstić information content (AvgIpc) is 2.84. The summed E-state index contributed by atoms with van der Waals surface area (Å²) >= 11 is 0. The zero-order valence-corrected chi connectivity index (χ0v) is 10.3. The van der Waals surface area contributed by atoms with Crippen molar-refractivity contribution in [2.75, 3.05) is 0 Å². The number of hydrogen-bond acceptors (Lipinski definition) is 2. The van der Waals surface area contributed by atoms with Crippen molar-refractivity contribution in [1.29, 1.82) is 0 Å². The van der Waals surface area contributed by atoms with Gasteiger partial charge in [0.25, 0.3) is 5.91 Å². The SMILES string of the molecule is C=C(C(=O)NO)c1cccc2c1Cc1ccccc1-2. The van der Waals surface area contributed by atoms with Gasteiger partial charge in [0.2, 0.25) is 0 Å². The van der Waals surface area contributed by atoms with Crippen LogP contribution in [0.2, 0.25) is 0 Å². The number of hydroxylamine groups is 1. The van der Waals surface area contributed by atoms with Crippen molar-refractivity contribution >= 4 is 11.5 Å². The van der Waals surface area contributed by atoms with E-state index < -0.39 is 5.91 Å². The van der Waals surface area contributed by atoms with E-state index in [-0.39, 0.29) is 5.57 Å². The molecule has 0 heterocycles. The first-order chi connectivity index (χ1) is 9.22. The Kier molecular flexibility index (Phi) is 2.69. The Bertz CT molecular complexity index is 689. The van der Waals surface area contributed by atoms with Gasteiger partial charge in [-0.2, -0.15) is 0 Å². The van der Waals surface area contributed by atoms with Gasteiger partial charge < -0.3 is 0 Å². The second kappa shape index (κ2) is 4.37. The normalized spacial score (nSPS) is 11.6. The third-order valence-electron chi connectivity index (χ3n) is 3.55. The highest BCUT2D eigenvalue weighted by Gasteiger charge is 2.22. The van der Waals surface area contributed by atoms with Crippen LogP contribution in [0.5, 0.6) is 0 Å². The molecule has 19 heavy (non-hydrogen) atoms. The summed E-state index contributed by atoms with van der Waals surface area (Å²) in [5.74, 6) is -0.565. The Balaban J connectivity index is 2.14. The molecule has 0 aromatic heterocycles. The molecule has 0 atom stereocenters. The van der Waals surface area contributed by atoms with Gasteiger partial charge in [-0.1, -0.05) is 49.0 Å². The fourth-order valence-electron chi connectivity index (χ4n) is 2.63. The van der Waals surface area contributed by atoms with E-state index in [1.807, 2.05) is 24.3 Å². The lowest BCUT2D eigenvalue weighted by atomic mass is 9.96. The summed E-state index contributed by atoms with van der Waals surface area (Å²) in [6, 6.07) is 14.0. The van der Waals surface area contributed by atoms with Gasteiger partial charge in [0.1, 0.15) is 0 Å². The molecular formula is C16H13NO2. The molecule has 94 valence electrons. The summed E-state index contributed by atoms with van der Waals surface area (Å²) in [7, 11) is 0. The molecule has 2 N–H and O–H groups in total. The Morgan fingerprint density at radius 3 is 2.63 bits per heavy atom. The van der Waals surface area contributed by atoms with Gasteiger partial charge in [-0.25, -0.2) is 5.48 Å². The van der Waals surface area contributed by atoms with Gasteiger partial charge in [-0.05, 0) is 34.2 Å². The first-order valence-corrected chi connectivity index (χ1v) is 6.06. The lowest BCUT2D eigenvalue weighted by Crippen LogP contribution is -2.19. The molecule has 3 rings (SSSR count). The average molecular weight is 251 g/mol. The van der Waals surface area contributed by atoms with E-state index in [9.17, 15) is 4.79 Å². The third kappa shape index (κ3) is 1.75. The van der Waals surface area contributed by atoms with Gasteiger partial charge in [-0.15, -0.1) is 0 Å². The highest BCUT2D eigenvalue weighted by Crippen LogP contribution is 2.39. The molecule has 1 amide bonds. The summed E-state index contributed by atoms with van der Waals surface area (Å²) in [6.45, 7) is 3.76. The zero-order chi connectivity index (χ0) is 13.4. The number of carbonyl (C=O) groups is 1. The molecule has 3 nitrogen and oxygen atoms in total. The van der Waals surface area contributed by atoms with Gasteiger partial charge in [0.15, 0.2) is 0 Å². The lowest BCUT2D eigenvalue weighted by Gasteiger charge is -2.09. The summed E-state index contributed by atoms with van der Waals surface area (Å²) in [6.07, 6.45) is 0.791. The fourth-order valence-corrected chi connectivity index (χ4v) is 2.63. The minimum atomic E-state index is -0.565. The molecule has 3 heteroatoms. The van der Waals surface area contributed by atoms with Crippen LogP contribution in [0.1, 0.15) is 16.7 Å². The first-order valence-electron chi connectivity index (χ1n) is 6.06. The number of carbonyl (C=O) groups excluding carboxylic acids is 1. The molecular weight excluding hydrogens is 238 g/mol. The van der Waals surface area contributed by atoms with Gasteiger partial charge in [0, 0.05) is 5.57 Å². The number of hydrogen-bond donors (Lipinski definition) is 2. The molecule has 1 aliphatic rings. The molecule has 1 aliphatic carbocycles. The second-order valence-electron chi connectivity index (χ2n) is 4.59. The van der Waals surface area contributed by atoms with E-state index in [4.69, 9.17) is 5.21 Å². The van der Waals surface area contributed by atoms with Crippen LogP contribution in [0.3, 0.4) is 0 Å². The first kappa shape index (κ1) is 11.7. The molecule has 0 radical (unpaired) electrons. The number of rotatable bonds is 2. The summed E-state index contributed by atoms with van der Waals surface area (Å²) in [4.78, 5) is 11.5. The van der Waals surface area contributed by atoms with Crippen molar-refractivity contribution in [3.05, 3.63) is 65.7 Å². The van der Waals surface area contributed by atoms with Crippen LogP contribution in [0, 0.1) is 0 Å². The van der Waals surface area contributed by atoms with E-state index in [2.05, 4.69) is 24.8 Å². The van der Waals surface area contributed by atoms with E-state index >= 15 is 0 Å². The smallest absolute Gasteiger partial charge is 0.274 e. The maximum absolute atomic E-state index is 11.5. The van der Waals surface area contributed by atoms with Crippen molar-refractivity contribution in [3.63, 3.8) is 0 Å². The number of benzene rings is 2. The quantitative estimate of drug-likeness (QED) is 0.418. The monoisotopic (exact) mass is 251 g/mol. The van der Waals surface area contributed by atoms with Crippen LogP contribution in [-0.4, -0.2) is 11.1 Å². The molecule has 2 aromatic rings. The summed E-state index contributed by atoms with van der Waals surface area (Å²) in [5, 5.41) is 8.73. The van der Waals surface area contributed by atoms with Crippen molar-refractivity contribution in [3.8, 4) is 11.1 Å². The van der Waals surface area contributed by atoms with Gasteiger partial charge >= 0.3 is 0 Å². The Hall–Kier alpha value is -2.39. The van der Waals surface area contributed by atoms with Gasteiger partial charge in [-0.3, -0.25) is 10.0 Å². The molecule has 0 spiro atoms. The van der Waals surface area contributed by atoms with Crippen LogP contribution in [0.15, 0.2) is 49.0 Å². The summed E-state index contributed by atoms with van der Waals surface area (Å²) in [5.41, 5.74) is 7.40. The highest BCUT2D eigenvalue weighted by atomic mass is 16.5. The molecule has 0 saturated heterocycles. The molecule has 0 saturated carbocycles. The predicted octanol–water partition coefficient (Wildman–Crippen LogP) is 2.78. The topological polar surface area (TPSA) is 49.3 Å². The van der Waals surface area contributed by atoms with Crippen LogP contribution in [0.4, 0.5) is 0 Å². The van der Waals surface area contributed by atoms with Crippen LogP contribution >= 0.6 is 0 Å². The standard InChI is InChI=1S/C16H13NO2/c1-10(16(18)17-19)12-7-4-8-14-13-6-3-2-5-11(13)9-15(12)14/h2-8,19H,1,9H2,(H,17,18). The molecule has 0 fully saturated rings. The molecule has 0 aliphatic heterocycles. The minimum absolute atomic E-state index is 0.284. The van der Waals surface area contributed by atoms with E-state index in [0.717, 1.165) is 23.1 Å². The zero-order valence-electron chi connectivity index (χ0n) is 10.3. The highest BCUT2D eigenvalue weighted by molar-refractivity contribution is 6.19. The van der Waals surface area contributed by atoms with Crippen molar-refractivity contribution in [2.24, 2.45) is 0 Å².